The van der Waals surface area contributed by atoms with Crippen molar-refractivity contribution < 1.29 is 9.72 Å². The summed E-state index contributed by atoms with van der Waals surface area (Å²) in [5.74, 6) is 0.468. The number of nitrogens with zero attached hydrogens (tertiary/aromatic N) is 4. The first-order valence-electron chi connectivity index (χ1n) is 11.2. The Morgan fingerprint density at radius 2 is 1.97 bits per heavy atom. The van der Waals surface area contributed by atoms with Gasteiger partial charge in [-0.2, -0.15) is 0 Å². The summed E-state index contributed by atoms with van der Waals surface area (Å²) in [5, 5.41) is 12.3. The fourth-order valence-electron chi connectivity index (χ4n) is 4.80. The lowest BCUT2D eigenvalue weighted by atomic mass is 9.97. The van der Waals surface area contributed by atoms with Crippen LogP contribution >= 0.6 is 11.3 Å². The van der Waals surface area contributed by atoms with Crippen LogP contribution in [0, 0.1) is 10.1 Å². The van der Waals surface area contributed by atoms with Crippen LogP contribution in [-0.4, -0.2) is 51.8 Å². The van der Waals surface area contributed by atoms with Gasteiger partial charge in [-0.15, -0.1) is 11.3 Å². The Balaban J connectivity index is 1.30. The molecule has 5 rings (SSSR count). The van der Waals surface area contributed by atoms with Gasteiger partial charge in [-0.25, -0.2) is 4.98 Å². The van der Waals surface area contributed by atoms with E-state index in [0.29, 0.717) is 49.8 Å². The van der Waals surface area contributed by atoms with Crippen molar-refractivity contribution in [1.82, 2.24) is 14.9 Å². The van der Waals surface area contributed by atoms with Crippen molar-refractivity contribution in [3.8, 4) is 0 Å². The number of Topliss-reactive ketones (excluding diaryl/α,β-unsaturated/α-hetero) is 1. The first kappa shape index (κ1) is 21.7. The highest BCUT2D eigenvalue weighted by Gasteiger charge is 2.26. The molecule has 0 amide bonds. The van der Waals surface area contributed by atoms with Gasteiger partial charge in [0, 0.05) is 42.7 Å². The van der Waals surface area contributed by atoms with Gasteiger partial charge in [0.2, 0.25) is 0 Å². The number of nitro benzene ring substituents is 1. The van der Waals surface area contributed by atoms with Crippen LogP contribution in [0.25, 0.3) is 10.2 Å². The van der Waals surface area contributed by atoms with E-state index in [0.717, 1.165) is 29.5 Å². The minimum absolute atomic E-state index is 0.0470. The number of thiophene rings is 1. The van der Waals surface area contributed by atoms with E-state index >= 15 is 0 Å². The maximum absolute atomic E-state index is 12.8. The average molecular weight is 468 g/mol. The number of fused-ring (bicyclic) bond motifs is 3. The molecule has 0 saturated carbocycles. The molecule has 3 heterocycles. The molecule has 1 N–H and O–H groups in total. The molecular weight excluding hydrogens is 442 g/mol. The van der Waals surface area contributed by atoms with Gasteiger partial charge in [-0.05, 0) is 50.3 Å². The number of ketones is 1. The zero-order valence-electron chi connectivity index (χ0n) is 18.4. The molecule has 10 heteroatoms. The van der Waals surface area contributed by atoms with Crippen LogP contribution in [0.2, 0.25) is 0 Å². The fraction of sp³-hybridized carbons (Fsp3) is 0.435. The van der Waals surface area contributed by atoms with Crippen molar-refractivity contribution in [2.24, 2.45) is 0 Å². The maximum Gasteiger partial charge on any atom is 0.293 e. The third-order valence-corrected chi connectivity index (χ3v) is 7.72. The van der Waals surface area contributed by atoms with Gasteiger partial charge in [-0.1, -0.05) is 0 Å². The summed E-state index contributed by atoms with van der Waals surface area (Å²) in [5.41, 5.74) is 1.96. The molecule has 1 aliphatic carbocycles. The van der Waals surface area contributed by atoms with Crippen LogP contribution < -0.4 is 10.5 Å². The quantitative estimate of drug-likeness (QED) is 0.348. The summed E-state index contributed by atoms with van der Waals surface area (Å²) in [6.07, 6.45) is 4.29. The monoisotopic (exact) mass is 467 g/mol. The van der Waals surface area contributed by atoms with Gasteiger partial charge in [-0.3, -0.25) is 24.6 Å². The number of hydrogen-bond donors (Lipinski definition) is 1. The first-order valence-corrected chi connectivity index (χ1v) is 12.0. The van der Waals surface area contributed by atoms with Crippen LogP contribution in [0.1, 0.15) is 46.4 Å². The van der Waals surface area contributed by atoms with Crippen molar-refractivity contribution >= 4 is 38.7 Å². The van der Waals surface area contributed by atoms with Gasteiger partial charge >= 0.3 is 0 Å². The second-order valence-electron chi connectivity index (χ2n) is 8.68. The summed E-state index contributed by atoms with van der Waals surface area (Å²) in [7, 11) is 0. The van der Waals surface area contributed by atoms with Crippen molar-refractivity contribution in [2.45, 2.75) is 39.2 Å². The van der Waals surface area contributed by atoms with Crippen LogP contribution in [0.15, 0.2) is 23.0 Å². The zero-order valence-corrected chi connectivity index (χ0v) is 19.2. The highest BCUT2D eigenvalue weighted by atomic mass is 32.1. The van der Waals surface area contributed by atoms with E-state index in [1.807, 2.05) is 4.90 Å². The molecule has 33 heavy (non-hydrogen) atoms. The molecular formula is C23H25N5O4S. The van der Waals surface area contributed by atoms with Crippen molar-refractivity contribution in [3.63, 3.8) is 0 Å². The summed E-state index contributed by atoms with van der Waals surface area (Å²) in [6, 6.07) is 4.66. The molecule has 0 atom stereocenters. The van der Waals surface area contributed by atoms with Gasteiger partial charge in [0.1, 0.15) is 16.3 Å². The van der Waals surface area contributed by atoms with E-state index in [4.69, 9.17) is 4.98 Å². The third kappa shape index (κ3) is 4.16. The lowest BCUT2D eigenvalue weighted by Crippen LogP contribution is -2.46. The first-order chi connectivity index (χ1) is 15.9. The predicted molar refractivity (Wildman–Crippen MR) is 127 cm³/mol. The van der Waals surface area contributed by atoms with E-state index in [1.165, 1.54) is 29.9 Å². The molecule has 1 fully saturated rings. The summed E-state index contributed by atoms with van der Waals surface area (Å²) in [6.45, 7) is 4.54. The number of rotatable bonds is 5. The van der Waals surface area contributed by atoms with Crippen molar-refractivity contribution in [3.05, 3.63) is 60.5 Å². The number of piperazine rings is 1. The Morgan fingerprint density at radius 1 is 1.21 bits per heavy atom. The molecule has 3 aromatic rings. The maximum atomic E-state index is 12.8. The Hall–Kier alpha value is -3.11. The summed E-state index contributed by atoms with van der Waals surface area (Å²) in [4.78, 5) is 49.6. The zero-order chi connectivity index (χ0) is 23.1. The van der Waals surface area contributed by atoms with E-state index in [2.05, 4.69) is 9.88 Å². The topological polar surface area (TPSA) is 112 Å². The standard InChI is InChI=1S/C23H25N5O4S/c1-14(29)15-6-7-17(18(12-15)28(31)32)27-10-8-26(9-11-27)13-20-24-22(30)21-16-4-2-3-5-19(16)33-23(21)25-20/h6-7,12H,2-5,8-11,13H2,1H3,(H,24,25,30). The van der Waals surface area contributed by atoms with Crippen LogP contribution in [0.5, 0.6) is 0 Å². The Morgan fingerprint density at radius 3 is 2.70 bits per heavy atom. The number of aromatic amines is 1. The minimum Gasteiger partial charge on any atom is -0.363 e. The molecule has 0 unspecified atom stereocenters. The second kappa shape index (κ2) is 8.68. The van der Waals surface area contributed by atoms with Crippen molar-refractivity contribution in [1.29, 1.82) is 0 Å². The van der Waals surface area contributed by atoms with Crippen LogP contribution in [0.4, 0.5) is 11.4 Å². The van der Waals surface area contributed by atoms with Crippen molar-refractivity contribution in [2.75, 3.05) is 31.1 Å². The highest BCUT2D eigenvalue weighted by molar-refractivity contribution is 7.18. The molecule has 2 aromatic heterocycles. The molecule has 0 bridgehead atoms. The lowest BCUT2D eigenvalue weighted by molar-refractivity contribution is -0.384. The van der Waals surface area contributed by atoms with E-state index in [9.17, 15) is 19.7 Å². The molecule has 2 aliphatic rings. The van der Waals surface area contributed by atoms with Crippen LogP contribution in [0.3, 0.4) is 0 Å². The van der Waals surface area contributed by atoms with Crippen LogP contribution in [-0.2, 0) is 19.4 Å². The summed E-state index contributed by atoms with van der Waals surface area (Å²) < 4.78 is 0. The predicted octanol–water partition coefficient (Wildman–Crippen LogP) is 3.30. The number of nitro groups is 1. The Bertz CT molecular complexity index is 1310. The summed E-state index contributed by atoms with van der Waals surface area (Å²) >= 11 is 1.65. The molecule has 1 aromatic carbocycles. The van der Waals surface area contributed by atoms with E-state index in [-0.39, 0.29) is 17.0 Å². The molecule has 1 saturated heterocycles. The highest BCUT2D eigenvalue weighted by Crippen LogP contribution is 2.34. The number of hydrogen-bond acceptors (Lipinski definition) is 8. The molecule has 9 nitrogen and oxygen atoms in total. The SMILES string of the molecule is CC(=O)c1ccc(N2CCN(Cc3nc4sc5c(c4c(=O)[nH]3)CCCC5)CC2)c([N+](=O)[O-])c1. The third-order valence-electron chi connectivity index (χ3n) is 6.54. The van der Waals surface area contributed by atoms with E-state index in [1.54, 1.807) is 23.5 Å². The molecule has 1 aliphatic heterocycles. The molecule has 0 spiro atoms. The van der Waals surface area contributed by atoms with Gasteiger partial charge < -0.3 is 9.88 Å². The number of nitrogens with one attached hydrogen (secondary N) is 1. The van der Waals surface area contributed by atoms with E-state index < -0.39 is 4.92 Å². The largest absolute Gasteiger partial charge is 0.363 e. The number of aryl methyl sites for hydroxylation is 2. The minimum atomic E-state index is -0.432. The van der Waals surface area contributed by atoms with Gasteiger partial charge in [0.15, 0.2) is 5.78 Å². The number of anilines is 1. The normalized spacial score (nSPS) is 16.7. The average Bonchev–Trinajstić information content (AvgIpc) is 3.18. The fourth-order valence-corrected chi connectivity index (χ4v) is 6.08. The number of benzene rings is 1. The van der Waals surface area contributed by atoms with Gasteiger partial charge in [0.25, 0.3) is 11.2 Å². The lowest BCUT2D eigenvalue weighted by Gasteiger charge is -2.35. The van der Waals surface area contributed by atoms with Gasteiger partial charge in [0.05, 0.1) is 16.9 Å². The number of H-pyrrole nitrogens is 1. The second-order valence-corrected chi connectivity index (χ2v) is 9.77. The number of aromatic nitrogens is 2. The Labute approximate surface area is 194 Å². The Kier molecular flexibility index (Phi) is 5.71. The number of carbonyl (C=O) groups excluding carboxylic acids is 1. The molecule has 172 valence electrons. The number of carbonyl (C=O) groups is 1. The molecule has 0 radical (unpaired) electrons. The smallest absolute Gasteiger partial charge is 0.293 e.